The van der Waals surface area contributed by atoms with Crippen LogP contribution in [-0.2, 0) is 4.74 Å². The van der Waals surface area contributed by atoms with Gasteiger partial charge in [0.15, 0.2) is 0 Å². The number of hydrogen-bond acceptors (Lipinski definition) is 5. The third-order valence-electron chi connectivity index (χ3n) is 11.5. The lowest BCUT2D eigenvalue weighted by atomic mass is 9.72. The maximum Gasteiger partial charge on any atom is 0.320 e. The van der Waals surface area contributed by atoms with Crippen LogP contribution in [0.3, 0.4) is 0 Å². The van der Waals surface area contributed by atoms with E-state index in [1.807, 2.05) is 0 Å². The molecule has 41 heavy (non-hydrogen) atoms. The number of carbonyl (C=O) groups is 1. The lowest BCUT2D eigenvalue weighted by Crippen LogP contribution is -2.79. The van der Waals surface area contributed by atoms with Gasteiger partial charge in [0.05, 0.1) is 24.5 Å². The van der Waals surface area contributed by atoms with E-state index < -0.39 is 35.8 Å². The van der Waals surface area contributed by atoms with E-state index in [4.69, 9.17) is 16.3 Å². The number of nitrogens with one attached hydrogen (secondary N) is 3. The minimum Gasteiger partial charge on any atom is -0.375 e. The van der Waals surface area contributed by atoms with Gasteiger partial charge in [0.25, 0.3) is 0 Å². The van der Waals surface area contributed by atoms with E-state index in [1.54, 1.807) is 0 Å². The number of hydrogen-bond donors (Lipinski definition) is 3. The first-order chi connectivity index (χ1) is 19.7. The maximum atomic E-state index is 15.8. The number of nitrogens with zero attached hydrogens (tertiary/aromatic N) is 2. The Hall–Kier alpha value is -0.740. The fourth-order valence-electron chi connectivity index (χ4n) is 9.39. The molecule has 2 bridgehead atoms. The summed E-state index contributed by atoms with van der Waals surface area (Å²) in [6.45, 7) is 11.3. The summed E-state index contributed by atoms with van der Waals surface area (Å²) in [4.78, 5) is 19.0. The molecule has 12 unspecified atom stereocenters. The molecule has 7 nitrogen and oxygen atoms in total. The number of alkyl halides is 3. The fraction of sp³-hybridized carbons (Fsp3) is 0.968. The predicted octanol–water partition coefficient (Wildman–Crippen LogP) is 4.64. The molecule has 0 aromatic rings. The van der Waals surface area contributed by atoms with Crippen molar-refractivity contribution in [1.82, 2.24) is 25.8 Å². The Morgan fingerprint density at radius 3 is 2.59 bits per heavy atom. The van der Waals surface area contributed by atoms with Crippen molar-refractivity contribution in [3.05, 3.63) is 0 Å². The Labute approximate surface area is 250 Å². The number of likely N-dealkylation sites (tertiary alicyclic amines) is 1. The second-order valence-corrected chi connectivity index (χ2v) is 15.1. The summed E-state index contributed by atoms with van der Waals surface area (Å²) in [5.74, 6) is 0.542. The molecule has 6 fully saturated rings. The third-order valence-corrected chi connectivity index (χ3v) is 11.9. The normalized spacial score (nSPS) is 49.8. The number of ether oxygens (including phenoxy) is 1. The molecule has 6 rings (SSSR count). The highest BCUT2D eigenvalue weighted by Gasteiger charge is 2.58. The molecule has 0 aromatic carbocycles. The second-order valence-electron chi connectivity index (χ2n) is 14.5. The molecule has 14 atom stereocenters. The van der Waals surface area contributed by atoms with Crippen LogP contribution in [0.2, 0.25) is 0 Å². The number of piperidine rings is 3. The summed E-state index contributed by atoms with van der Waals surface area (Å²) in [5.41, 5.74) is 0. The summed E-state index contributed by atoms with van der Waals surface area (Å²) in [5, 5.41) is 10.6. The smallest absolute Gasteiger partial charge is 0.320 e. The van der Waals surface area contributed by atoms with Crippen LogP contribution in [0.1, 0.15) is 79.1 Å². The van der Waals surface area contributed by atoms with Gasteiger partial charge in [-0.25, -0.2) is 13.6 Å². The molecule has 5 heterocycles. The van der Waals surface area contributed by atoms with Crippen LogP contribution in [0.4, 0.5) is 13.6 Å². The van der Waals surface area contributed by atoms with Crippen LogP contribution >= 0.6 is 11.6 Å². The Balaban J connectivity index is 1.42. The molecular formula is C31H52ClF2N5O2. The standard InChI is InChI=1S/C31H52ClF2N5O2/c1-16(2)25-27-19(11-12-35-25)6-5-13-41-28-23(34)10-9-22(33)24(28)26-21(32)14-20-29(37-31(40)39(27)30(20)36-26)38-15-17(3)7-8-18(38)4/h16-30,35-36H,5-15H2,1-4H3,(H,37,40)/t17-,18-,19?,20?,21?,22?,23?,24?,25?,26?,27?,28?,29?,30?/m0/s1. The summed E-state index contributed by atoms with van der Waals surface area (Å²) >= 11 is 7.21. The van der Waals surface area contributed by atoms with E-state index in [-0.39, 0.29) is 49.2 Å². The van der Waals surface area contributed by atoms with Gasteiger partial charge in [-0.15, -0.1) is 11.6 Å². The summed E-state index contributed by atoms with van der Waals surface area (Å²) < 4.78 is 37.4. The van der Waals surface area contributed by atoms with Gasteiger partial charge in [-0.2, -0.15) is 0 Å². The molecule has 3 N–H and O–H groups in total. The monoisotopic (exact) mass is 599 g/mol. The lowest BCUT2D eigenvalue weighted by molar-refractivity contribution is -0.122. The van der Waals surface area contributed by atoms with Crippen LogP contribution in [0, 0.1) is 29.6 Å². The Morgan fingerprint density at radius 1 is 1.02 bits per heavy atom. The van der Waals surface area contributed by atoms with Crippen molar-refractivity contribution in [3.8, 4) is 0 Å². The maximum absolute atomic E-state index is 15.8. The number of amides is 2. The van der Waals surface area contributed by atoms with Gasteiger partial charge in [-0.05, 0) is 82.6 Å². The van der Waals surface area contributed by atoms with Crippen molar-refractivity contribution in [3.63, 3.8) is 0 Å². The zero-order chi connectivity index (χ0) is 29.0. The van der Waals surface area contributed by atoms with Gasteiger partial charge in [0.1, 0.15) is 12.3 Å². The van der Waals surface area contributed by atoms with Gasteiger partial charge in [0.2, 0.25) is 0 Å². The molecule has 1 aliphatic carbocycles. The van der Waals surface area contributed by atoms with Crippen molar-refractivity contribution < 1.29 is 18.3 Å². The second kappa shape index (κ2) is 12.3. The topological polar surface area (TPSA) is 68.9 Å². The van der Waals surface area contributed by atoms with Gasteiger partial charge < -0.3 is 20.3 Å². The highest BCUT2D eigenvalue weighted by atomic mass is 35.5. The Bertz CT molecular complexity index is 933. The summed E-state index contributed by atoms with van der Waals surface area (Å²) in [6.07, 6.45) is 2.27. The van der Waals surface area contributed by atoms with Gasteiger partial charge in [-0.1, -0.05) is 20.8 Å². The van der Waals surface area contributed by atoms with Crippen molar-refractivity contribution in [2.24, 2.45) is 29.6 Å². The Morgan fingerprint density at radius 2 is 1.80 bits per heavy atom. The van der Waals surface area contributed by atoms with E-state index in [0.29, 0.717) is 36.8 Å². The first kappa shape index (κ1) is 30.3. The van der Waals surface area contributed by atoms with Crippen molar-refractivity contribution in [2.45, 2.75) is 139 Å². The van der Waals surface area contributed by atoms with Crippen LogP contribution in [0.25, 0.3) is 0 Å². The molecule has 5 saturated heterocycles. The molecule has 2 amide bonds. The Kier molecular flexibility index (Phi) is 9.11. The molecule has 1 saturated carbocycles. The quantitative estimate of drug-likeness (QED) is 0.404. The lowest BCUT2D eigenvalue weighted by Gasteiger charge is -2.60. The zero-order valence-corrected chi connectivity index (χ0v) is 26.0. The predicted molar refractivity (Wildman–Crippen MR) is 157 cm³/mol. The highest BCUT2D eigenvalue weighted by Crippen LogP contribution is 2.45. The zero-order valence-electron chi connectivity index (χ0n) is 25.3. The minimum absolute atomic E-state index is 0.00777. The molecular weight excluding hydrogens is 548 g/mol. The average Bonchev–Trinajstić information content (AvgIpc) is 2.93. The van der Waals surface area contributed by atoms with Crippen LogP contribution in [0.5, 0.6) is 0 Å². The number of halogens is 3. The van der Waals surface area contributed by atoms with Crippen LogP contribution in [0.15, 0.2) is 0 Å². The third kappa shape index (κ3) is 5.65. The number of rotatable bonds is 2. The van der Waals surface area contributed by atoms with Gasteiger partial charge in [0, 0.05) is 48.5 Å². The largest absolute Gasteiger partial charge is 0.375 e. The molecule has 0 aromatic heterocycles. The van der Waals surface area contributed by atoms with E-state index in [1.165, 1.54) is 6.42 Å². The first-order valence-electron chi connectivity index (χ1n) is 16.5. The van der Waals surface area contributed by atoms with Crippen LogP contribution < -0.4 is 16.0 Å². The highest BCUT2D eigenvalue weighted by molar-refractivity contribution is 6.21. The van der Waals surface area contributed by atoms with E-state index >= 15 is 8.78 Å². The fourth-order valence-corrected chi connectivity index (χ4v) is 9.84. The molecule has 5 aliphatic heterocycles. The van der Waals surface area contributed by atoms with E-state index in [9.17, 15) is 4.79 Å². The first-order valence-corrected chi connectivity index (χ1v) is 17.0. The van der Waals surface area contributed by atoms with E-state index in [0.717, 1.165) is 38.8 Å². The average molecular weight is 600 g/mol. The van der Waals surface area contributed by atoms with Crippen molar-refractivity contribution in [1.29, 1.82) is 0 Å². The molecule has 6 aliphatic rings. The SMILES string of the molecule is CC(C)C1NCCC2CCCOC3C(F)CCC(F)C3C3NC4C(CC3Cl)C(N3C[C@@H](C)CC[C@@H]3C)NC(=O)N4C21. The number of urea groups is 1. The van der Waals surface area contributed by atoms with E-state index in [2.05, 4.69) is 53.4 Å². The van der Waals surface area contributed by atoms with Crippen molar-refractivity contribution >= 4 is 17.6 Å². The van der Waals surface area contributed by atoms with Gasteiger partial charge in [-0.3, -0.25) is 10.2 Å². The molecule has 0 spiro atoms. The number of fused-ring (bicyclic) bond motifs is 5. The molecule has 234 valence electrons. The van der Waals surface area contributed by atoms with Gasteiger partial charge >= 0.3 is 6.03 Å². The summed E-state index contributed by atoms with van der Waals surface area (Å²) in [7, 11) is 0. The number of carbonyl (C=O) groups excluding carboxylic acids is 1. The molecule has 10 heteroatoms. The molecule has 0 radical (unpaired) electrons. The minimum atomic E-state index is -1.20. The summed E-state index contributed by atoms with van der Waals surface area (Å²) in [6, 6.07) is -0.0253. The van der Waals surface area contributed by atoms with Crippen molar-refractivity contribution in [2.75, 3.05) is 19.7 Å². The van der Waals surface area contributed by atoms with Crippen LogP contribution in [-0.4, -0.2) is 95.9 Å².